The fourth-order valence-corrected chi connectivity index (χ4v) is 1.84. The van der Waals surface area contributed by atoms with Crippen LogP contribution in [0.4, 0.5) is 0 Å². The molecule has 0 saturated heterocycles. The van der Waals surface area contributed by atoms with Gasteiger partial charge in [0.15, 0.2) is 0 Å². The number of hydrogen-bond donors (Lipinski definition) is 0. The highest BCUT2D eigenvalue weighted by Crippen LogP contribution is 2.15. The Hall–Kier alpha value is -1.39. The molecule has 5 nitrogen and oxygen atoms in total. The Morgan fingerprint density at radius 1 is 0.895 bits per heavy atom. The Bertz CT molecular complexity index is 251. The highest BCUT2D eigenvalue weighted by atomic mass is 16.5. The predicted molar refractivity (Wildman–Crippen MR) is 70.5 cm³/mol. The smallest absolute Gasteiger partial charge is 0.305 e. The maximum Gasteiger partial charge on any atom is 0.305 e. The molecule has 0 radical (unpaired) electrons. The van der Waals surface area contributed by atoms with Crippen molar-refractivity contribution in [3.05, 3.63) is 0 Å². The van der Waals surface area contributed by atoms with Gasteiger partial charge in [0.25, 0.3) is 0 Å². The number of unbranched alkanes of at least 4 members (excludes halogenated alkanes) is 2. The van der Waals surface area contributed by atoms with E-state index in [4.69, 9.17) is 0 Å². The monoisotopic (exact) mass is 272 g/mol. The average molecular weight is 272 g/mol. The Kier molecular flexibility index (Phi) is 10.8. The molecule has 5 heteroatoms. The van der Waals surface area contributed by atoms with Gasteiger partial charge < -0.3 is 14.3 Å². The number of carbonyl (C=O) groups excluding carboxylic acids is 3. The quantitative estimate of drug-likeness (QED) is 0.328. The molecule has 0 fully saturated rings. The number of aldehydes is 1. The first-order valence-corrected chi connectivity index (χ1v) is 6.73. The number of hydrogen-bond acceptors (Lipinski definition) is 5. The molecule has 0 rings (SSSR count). The van der Waals surface area contributed by atoms with E-state index in [9.17, 15) is 14.4 Å². The normalized spacial score (nSPS) is 10.3. The van der Waals surface area contributed by atoms with E-state index in [-0.39, 0.29) is 17.9 Å². The lowest BCUT2D eigenvalue weighted by atomic mass is 9.96. The summed E-state index contributed by atoms with van der Waals surface area (Å²) in [5.74, 6) is -0.392. The van der Waals surface area contributed by atoms with Gasteiger partial charge in [0.05, 0.1) is 14.2 Å². The van der Waals surface area contributed by atoms with E-state index in [2.05, 4.69) is 9.47 Å². The third-order valence-corrected chi connectivity index (χ3v) is 3.06. The molecule has 0 atom stereocenters. The lowest BCUT2D eigenvalue weighted by Crippen LogP contribution is -2.05. The van der Waals surface area contributed by atoms with Crippen molar-refractivity contribution in [3.63, 3.8) is 0 Å². The first-order valence-electron chi connectivity index (χ1n) is 6.73. The molecule has 110 valence electrons. The fourth-order valence-electron chi connectivity index (χ4n) is 1.84. The maximum absolute atomic E-state index is 10.9. The summed E-state index contributed by atoms with van der Waals surface area (Å²) in [6, 6.07) is 0. The third kappa shape index (κ3) is 10.2. The summed E-state index contributed by atoms with van der Waals surface area (Å²) in [7, 11) is 2.75. The van der Waals surface area contributed by atoms with Crippen LogP contribution < -0.4 is 0 Å². The van der Waals surface area contributed by atoms with Gasteiger partial charge in [-0.05, 0) is 25.7 Å². The van der Waals surface area contributed by atoms with E-state index in [0.29, 0.717) is 12.8 Å². The van der Waals surface area contributed by atoms with Crippen molar-refractivity contribution in [2.24, 2.45) is 5.92 Å². The van der Waals surface area contributed by atoms with Crippen LogP contribution in [0.15, 0.2) is 0 Å². The molecule has 0 N–H and O–H groups in total. The lowest BCUT2D eigenvalue weighted by molar-refractivity contribution is -0.141. The molecule has 0 aromatic heterocycles. The van der Waals surface area contributed by atoms with Gasteiger partial charge in [0.2, 0.25) is 0 Å². The standard InChI is InChI=1S/C14H24O5/c1-18-13(16)9-5-3-7-12(11-15)8-4-6-10-14(17)19-2/h11-12H,3-10H2,1-2H3. The molecule has 0 aliphatic rings. The second kappa shape index (κ2) is 11.7. The maximum atomic E-state index is 10.9. The van der Waals surface area contributed by atoms with Crippen LogP contribution in [0.25, 0.3) is 0 Å². The zero-order chi connectivity index (χ0) is 14.5. The van der Waals surface area contributed by atoms with E-state index < -0.39 is 0 Å². The van der Waals surface area contributed by atoms with Gasteiger partial charge in [-0.3, -0.25) is 9.59 Å². The molecule has 0 heterocycles. The summed E-state index contributed by atoms with van der Waals surface area (Å²) >= 11 is 0. The largest absolute Gasteiger partial charge is 0.469 e. The van der Waals surface area contributed by atoms with Crippen molar-refractivity contribution in [3.8, 4) is 0 Å². The van der Waals surface area contributed by atoms with Crippen LogP contribution >= 0.6 is 0 Å². The van der Waals surface area contributed by atoms with Gasteiger partial charge >= 0.3 is 11.9 Å². The van der Waals surface area contributed by atoms with Crippen LogP contribution in [-0.4, -0.2) is 32.4 Å². The summed E-state index contributed by atoms with van der Waals surface area (Å²) in [6.45, 7) is 0. The Balaban J connectivity index is 3.57. The molecule has 0 bridgehead atoms. The lowest BCUT2D eigenvalue weighted by Gasteiger charge is -2.09. The predicted octanol–water partition coefficient (Wildman–Crippen LogP) is 2.27. The van der Waals surface area contributed by atoms with Crippen LogP contribution in [0.2, 0.25) is 0 Å². The van der Waals surface area contributed by atoms with Crippen molar-refractivity contribution in [1.82, 2.24) is 0 Å². The van der Waals surface area contributed by atoms with Gasteiger partial charge in [-0.15, -0.1) is 0 Å². The van der Waals surface area contributed by atoms with E-state index >= 15 is 0 Å². The Morgan fingerprint density at radius 2 is 1.32 bits per heavy atom. The highest BCUT2D eigenvalue weighted by molar-refractivity contribution is 5.69. The summed E-state index contributed by atoms with van der Waals surface area (Å²) < 4.78 is 9.09. The molecular weight excluding hydrogens is 248 g/mol. The van der Waals surface area contributed by atoms with Crippen LogP contribution in [0.5, 0.6) is 0 Å². The summed E-state index contributed by atoms with van der Waals surface area (Å²) in [5.41, 5.74) is 0. The van der Waals surface area contributed by atoms with E-state index in [1.165, 1.54) is 14.2 Å². The molecule has 0 spiro atoms. The minimum atomic E-state index is -0.208. The fraction of sp³-hybridized carbons (Fsp3) is 0.786. The van der Waals surface area contributed by atoms with Crippen molar-refractivity contribution < 1.29 is 23.9 Å². The first-order chi connectivity index (χ1) is 9.13. The Labute approximate surface area is 114 Å². The van der Waals surface area contributed by atoms with Gasteiger partial charge in [0.1, 0.15) is 6.29 Å². The topological polar surface area (TPSA) is 69.7 Å². The molecule has 0 aliphatic carbocycles. The molecule has 0 unspecified atom stereocenters. The molecule has 0 saturated carbocycles. The van der Waals surface area contributed by atoms with Crippen molar-refractivity contribution in [1.29, 1.82) is 0 Å². The molecule has 0 aromatic rings. The second-order valence-corrected chi connectivity index (χ2v) is 4.54. The van der Waals surface area contributed by atoms with E-state index in [1.807, 2.05) is 0 Å². The minimum absolute atomic E-state index is 0.0234. The van der Waals surface area contributed by atoms with Gasteiger partial charge in [-0.2, -0.15) is 0 Å². The van der Waals surface area contributed by atoms with Crippen molar-refractivity contribution in [2.45, 2.75) is 51.4 Å². The number of methoxy groups -OCH3 is 2. The van der Waals surface area contributed by atoms with Crippen LogP contribution in [-0.2, 0) is 23.9 Å². The summed E-state index contributed by atoms with van der Waals surface area (Å²) in [5, 5.41) is 0. The SMILES string of the molecule is COC(=O)CCCCC(C=O)CCCCC(=O)OC. The number of rotatable bonds is 11. The average Bonchev–Trinajstić information content (AvgIpc) is 2.44. The molecule has 19 heavy (non-hydrogen) atoms. The molecular formula is C14H24O5. The van der Waals surface area contributed by atoms with E-state index in [0.717, 1.165) is 44.8 Å². The van der Waals surface area contributed by atoms with Crippen molar-refractivity contribution >= 4 is 18.2 Å². The van der Waals surface area contributed by atoms with Crippen molar-refractivity contribution in [2.75, 3.05) is 14.2 Å². The van der Waals surface area contributed by atoms with Gasteiger partial charge in [-0.25, -0.2) is 0 Å². The zero-order valence-electron chi connectivity index (χ0n) is 11.9. The van der Waals surface area contributed by atoms with Crippen LogP contribution in [0.1, 0.15) is 51.4 Å². The van der Waals surface area contributed by atoms with Crippen LogP contribution in [0.3, 0.4) is 0 Å². The van der Waals surface area contributed by atoms with Gasteiger partial charge in [0, 0.05) is 18.8 Å². The molecule has 0 aliphatic heterocycles. The summed E-state index contributed by atoms with van der Waals surface area (Å²) in [6.07, 6.45) is 6.55. The molecule has 0 aromatic carbocycles. The number of esters is 2. The minimum Gasteiger partial charge on any atom is -0.469 e. The van der Waals surface area contributed by atoms with Crippen LogP contribution in [0, 0.1) is 5.92 Å². The highest BCUT2D eigenvalue weighted by Gasteiger charge is 2.09. The summed E-state index contributed by atoms with van der Waals surface area (Å²) in [4.78, 5) is 32.7. The number of ether oxygens (including phenoxy) is 2. The second-order valence-electron chi connectivity index (χ2n) is 4.54. The van der Waals surface area contributed by atoms with E-state index in [1.54, 1.807) is 0 Å². The third-order valence-electron chi connectivity index (χ3n) is 3.06. The number of carbonyl (C=O) groups is 3. The molecule has 0 amide bonds. The van der Waals surface area contributed by atoms with Gasteiger partial charge in [-0.1, -0.05) is 12.8 Å². The zero-order valence-corrected chi connectivity index (χ0v) is 11.9. The Morgan fingerprint density at radius 3 is 1.63 bits per heavy atom. The first kappa shape index (κ1) is 17.6.